The fourth-order valence-corrected chi connectivity index (χ4v) is 1.53. The highest BCUT2D eigenvalue weighted by atomic mass is 19.1. The largest absolute Gasteiger partial charge is 0.287 e. The average molecular weight is 241 g/mol. The first-order valence-corrected chi connectivity index (χ1v) is 5.37. The average Bonchev–Trinajstić information content (AvgIpc) is 2.40. The van der Waals surface area contributed by atoms with E-state index < -0.39 is 0 Å². The molecular formula is C14H10FN2O+. The molecule has 0 saturated carbocycles. The Kier molecular flexibility index (Phi) is 3.44. The number of rotatable bonds is 3. The first-order valence-electron chi connectivity index (χ1n) is 5.37. The Morgan fingerprint density at radius 2 is 1.78 bits per heavy atom. The number of carbonyl (C=O) groups is 1. The van der Waals surface area contributed by atoms with E-state index in [2.05, 4.69) is 0 Å². The van der Waals surface area contributed by atoms with Crippen molar-refractivity contribution in [2.24, 2.45) is 0 Å². The number of hydrogen-bond acceptors (Lipinski definition) is 2. The molecule has 1 aromatic carbocycles. The topological polar surface area (TPSA) is 44.7 Å². The second-order valence-corrected chi connectivity index (χ2v) is 3.80. The minimum absolute atomic E-state index is 0.107. The highest BCUT2D eigenvalue weighted by Crippen LogP contribution is 2.03. The lowest BCUT2D eigenvalue weighted by Gasteiger charge is -1.98. The molecule has 0 fully saturated rings. The van der Waals surface area contributed by atoms with Crippen LogP contribution in [0.3, 0.4) is 0 Å². The summed E-state index contributed by atoms with van der Waals surface area (Å²) >= 11 is 0. The molecule has 0 atom stereocenters. The van der Waals surface area contributed by atoms with E-state index in [9.17, 15) is 9.18 Å². The van der Waals surface area contributed by atoms with E-state index in [1.54, 1.807) is 29.1 Å². The van der Waals surface area contributed by atoms with Crippen LogP contribution < -0.4 is 4.57 Å². The first kappa shape index (κ1) is 11.9. The molecule has 4 heteroatoms. The predicted molar refractivity (Wildman–Crippen MR) is 62.1 cm³/mol. The quantitative estimate of drug-likeness (QED) is 0.608. The molecule has 0 saturated heterocycles. The van der Waals surface area contributed by atoms with Crippen LogP contribution in [-0.4, -0.2) is 5.78 Å². The summed E-state index contributed by atoms with van der Waals surface area (Å²) in [5.74, 6) is -0.470. The van der Waals surface area contributed by atoms with Gasteiger partial charge in [-0.15, -0.1) is 0 Å². The Labute approximate surface area is 104 Å². The number of pyridine rings is 1. The lowest BCUT2D eigenvalue weighted by atomic mass is 10.1. The Bertz CT molecular complexity index is 597. The predicted octanol–water partition coefficient (Wildman–Crippen LogP) is 1.87. The van der Waals surface area contributed by atoms with Gasteiger partial charge < -0.3 is 0 Å². The standard InChI is InChI=1S/C14H10FN2O/c15-13-3-1-12(2-4-13)14(18)10-17-7-5-11(9-16)6-8-17/h1-8H,10H2/q+1. The van der Waals surface area contributed by atoms with Crippen LogP contribution in [0, 0.1) is 17.1 Å². The summed E-state index contributed by atoms with van der Waals surface area (Å²) in [6.07, 6.45) is 3.33. The molecule has 18 heavy (non-hydrogen) atoms. The molecule has 0 radical (unpaired) electrons. The molecule has 0 aliphatic rings. The van der Waals surface area contributed by atoms with E-state index in [0.717, 1.165) is 0 Å². The van der Waals surface area contributed by atoms with Crippen LogP contribution in [0.4, 0.5) is 4.39 Å². The molecular weight excluding hydrogens is 231 g/mol. The zero-order chi connectivity index (χ0) is 13.0. The molecule has 2 aromatic rings. The summed E-state index contributed by atoms with van der Waals surface area (Å²) in [7, 11) is 0. The van der Waals surface area contributed by atoms with E-state index in [1.807, 2.05) is 6.07 Å². The van der Waals surface area contributed by atoms with E-state index in [4.69, 9.17) is 5.26 Å². The van der Waals surface area contributed by atoms with Gasteiger partial charge >= 0.3 is 0 Å². The number of nitriles is 1. The van der Waals surface area contributed by atoms with Gasteiger partial charge in [-0.05, 0) is 24.3 Å². The second-order valence-electron chi connectivity index (χ2n) is 3.80. The Balaban J connectivity index is 2.11. The summed E-state index contributed by atoms with van der Waals surface area (Å²) in [4.78, 5) is 11.9. The van der Waals surface area contributed by atoms with E-state index in [1.165, 1.54) is 24.3 Å². The summed E-state index contributed by atoms with van der Waals surface area (Å²) < 4.78 is 14.4. The van der Waals surface area contributed by atoms with E-state index in [-0.39, 0.29) is 18.1 Å². The fourth-order valence-electron chi connectivity index (χ4n) is 1.53. The molecule has 88 valence electrons. The zero-order valence-corrected chi connectivity index (χ0v) is 9.51. The van der Waals surface area contributed by atoms with Crippen molar-refractivity contribution in [3.63, 3.8) is 0 Å². The van der Waals surface area contributed by atoms with E-state index in [0.29, 0.717) is 11.1 Å². The van der Waals surface area contributed by atoms with Crippen LogP contribution in [0.1, 0.15) is 15.9 Å². The zero-order valence-electron chi connectivity index (χ0n) is 9.51. The van der Waals surface area contributed by atoms with Gasteiger partial charge in [0.15, 0.2) is 12.4 Å². The van der Waals surface area contributed by atoms with Gasteiger partial charge in [-0.1, -0.05) is 0 Å². The lowest BCUT2D eigenvalue weighted by Crippen LogP contribution is -2.37. The third-order valence-corrected chi connectivity index (χ3v) is 2.51. The maximum absolute atomic E-state index is 12.7. The van der Waals surface area contributed by atoms with Crippen molar-refractivity contribution in [1.82, 2.24) is 0 Å². The van der Waals surface area contributed by atoms with Gasteiger partial charge in [0, 0.05) is 17.7 Å². The summed E-state index contributed by atoms with van der Waals surface area (Å²) in [6, 6.07) is 10.7. The number of aromatic nitrogens is 1. The monoisotopic (exact) mass is 241 g/mol. The normalized spacial score (nSPS) is 9.78. The van der Waals surface area contributed by atoms with Gasteiger partial charge in [0.1, 0.15) is 5.82 Å². The number of benzene rings is 1. The molecule has 0 unspecified atom stereocenters. The Morgan fingerprint density at radius 1 is 1.17 bits per heavy atom. The second kappa shape index (κ2) is 5.19. The molecule has 1 heterocycles. The van der Waals surface area contributed by atoms with Crippen molar-refractivity contribution < 1.29 is 13.8 Å². The molecule has 0 aliphatic heterocycles. The summed E-state index contributed by atoms with van der Waals surface area (Å²) in [6.45, 7) is 0.164. The van der Waals surface area contributed by atoms with Crippen LogP contribution in [0.15, 0.2) is 48.8 Å². The van der Waals surface area contributed by atoms with Gasteiger partial charge in [-0.25, -0.2) is 4.39 Å². The van der Waals surface area contributed by atoms with Crippen molar-refractivity contribution in [1.29, 1.82) is 5.26 Å². The summed E-state index contributed by atoms with van der Waals surface area (Å²) in [5.41, 5.74) is 1.01. The minimum Gasteiger partial charge on any atom is -0.287 e. The van der Waals surface area contributed by atoms with Crippen molar-refractivity contribution in [2.45, 2.75) is 6.54 Å². The number of carbonyl (C=O) groups excluding carboxylic acids is 1. The van der Waals surface area contributed by atoms with Crippen molar-refractivity contribution >= 4 is 5.78 Å². The third kappa shape index (κ3) is 2.77. The van der Waals surface area contributed by atoms with Crippen LogP contribution >= 0.6 is 0 Å². The number of nitrogens with zero attached hydrogens (tertiary/aromatic N) is 2. The smallest absolute Gasteiger partial charge is 0.227 e. The lowest BCUT2D eigenvalue weighted by molar-refractivity contribution is -0.683. The van der Waals surface area contributed by atoms with Gasteiger partial charge in [0.25, 0.3) is 0 Å². The van der Waals surface area contributed by atoms with Gasteiger partial charge in [0.2, 0.25) is 12.3 Å². The third-order valence-electron chi connectivity index (χ3n) is 2.51. The van der Waals surface area contributed by atoms with Crippen molar-refractivity contribution in [3.05, 3.63) is 65.7 Å². The van der Waals surface area contributed by atoms with Crippen LogP contribution in [0.5, 0.6) is 0 Å². The van der Waals surface area contributed by atoms with Gasteiger partial charge in [-0.3, -0.25) is 4.79 Å². The van der Waals surface area contributed by atoms with Crippen LogP contribution in [0.25, 0.3) is 0 Å². The number of Topliss-reactive ketones (excluding diaryl/α,β-unsaturated/α-hetero) is 1. The maximum atomic E-state index is 12.7. The van der Waals surface area contributed by atoms with Crippen molar-refractivity contribution in [3.8, 4) is 6.07 Å². The molecule has 0 amide bonds. The Morgan fingerprint density at radius 3 is 2.33 bits per heavy atom. The number of halogens is 1. The fraction of sp³-hybridized carbons (Fsp3) is 0.0714. The number of hydrogen-bond donors (Lipinski definition) is 0. The maximum Gasteiger partial charge on any atom is 0.227 e. The first-order chi connectivity index (χ1) is 8.69. The molecule has 0 N–H and O–H groups in total. The number of ketones is 1. The highest BCUT2D eigenvalue weighted by molar-refractivity contribution is 5.94. The molecule has 3 nitrogen and oxygen atoms in total. The van der Waals surface area contributed by atoms with Crippen LogP contribution in [0.2, 0.25) is 0 Å². The molecule has 2 rings (SSSR count). The molecule has 0 bridgehead atoms. The van der Waals surface area contributed by atoms with E-state index >= 15 is 0 Å². The SMILES string of the molecule is N#Cc1cc[n+](CC(=O)c2ccc(F)cc2)cc1. The van der Waals surface area contributed by atoms with Crippen molar-refractivity contribution in [2.75, 3.05) is 0 Å². The Hall–Kier alpha value is -2.54. The van der Waals surface area contributed by atoms with Gasteiger partial charge in [0.05, 0.1) is 11.6 Å². The summed E-state index contributed by atoms with van der Waals surface area (Å²) in [5, 5.41) is 8.65. The molecule has 0 aliphatic carbocycles. The minimum atomic E-state index is -0.363. The van der Waals surface area contributed by atoms with Gasteiger partial charge in [-0.2, -0.15) is 9.83 Å². The molecule has 0 spiro atoms. The van der Waals surface area contributed by atoms with Crippen LogP contribution in [-0.2, 0) is 6.54 Å². The highest BCUT2D eigenvalue weighted by Gasteiger charge is 2.11. The molecule has 1 aromatic heterocycles.